The molecule has 0 fully saturated rings. The smallest absolute Gasteiger partial charge is 0.148 e. The van der Waals surface area contributed by atoms with Gasteiger partial charge in [-0.15, -0.1) is 5.11 Å². The molecule has 0 aliphatic heterocycles. The molecule has 0 atom stereocenters. The number of hydrogen-bond acceptors (Lipinski definition) is 6. The topological polar surface area (TPSA) is 67.9 Å². The van der Waals surface area contributed by atoms with E-state index in [1.807, 2.05) is 74.5 Å². The second-order valence-electron chi connectivity index (χ2n) is 6.24. The van der Waals surface area contributed by atoms with Crippen molar-refractivity contribution in [1.82, 2.24) is 0 Å². The third-order valence-corrected chi connectivity index (χ3v) is 4.15. The Hall–Kier alpha value is -3.54. The van der Waals surface area contributed by atoms with Gasteiger partial charge in [-0.3, -0.25) is 0 Å². The van der Waals surface area contributed by atoms with E-state index >= 15 is 0 Å². The summed E-state index contributed by atoms with van der Waals surface area (Å²) in [6.45, 7) is 3.99. The molecule has 3 aromatic rings. The first-order valence-electron chi connectivity index (χ1n) is 8.82. The molecular formula is C22H22N4O2. The van der Waals surface area contributed by atoms with Crippen LogP contribution < -0.4 is 9.47 Å². The van der Waals surface area contributed by atoms with E-state index in [1.54, 1.807) is 14.2 Å². The van der Waals surface area contributed by atoms with Crippen LogP contribution in [0.1, 0.15) is 11.1 Å². The van der Waals surface area contributed by atoms with Crippen molar-refractivity contribution in [3.63, 3.8) is 0 Å². The molecule has 3 rings (SSSR count). The van der Waals surface area contributed by atoms with E-state index in [2.05, 4.69) is 20.5 Å². The minimum absolute atomic E-state index is 0.584. The molecule has 0 bridgehead atoms. The van der Waals surface area contributed by atoms with Gasteiger partial charge in [-0.05, 0) is 61.9 Å². The lowest BCUT2D eigenvalue weighted by atomic mass is 10.1. The van der Waals surface area contributed by atoms with E-state index < -0.39 is 0 Å². The summed E-state index contributed by atoms with van der Waals surface area (Å²) in [5, 5.41) is 17.2. The highest BCUT2D eigenvalue weighted by molar-refractivity contribution is 5.63. The van der Waals surface area contributed by atoms with Crippen molar-refractivity contribution in [2.45, 2.75) is 13.8 Å². The highest BCUT2D eigenvalue weighted by atomic mass is 16.5. The van der Waals surface area contributed by atoms with E-state index in [1.165, 1.54) is 5.56 Å². The number of methoxy groups -OCH3 is 2. The van der Waals surface area contributed by atoms with Crippen LogP contribution in [-0.2, 0) is 0 Å². The molecule has 3 aromatic carbocycles. The van der Waals surface area contributed by atoms with Gasteiger partial charge in [0.1, 0.15) is 17.2 Å². The largest absolute Gasteiger partial charge is 0.497 e. The van der Waals surface area contributed by atoms with Crippen LogP contribution in [0.15, 0.2) is 81.1 Å². The number of benzene rings is 3. The molecule has 28 heavy (non-hydrogen) atoms. The third-order valence-electron chi connectivity index (χ3n) is 4.15. The van der Waals surface area contributed by atoms with Crippen molar-refractivity contribution >= 4 is 22.7 Å². The van der Waals surface area contributed by atoms with Crippen LogP contribution in [0.2, 0.25) is 0 Å². The Balaban J connectivity index is 1.84. The molecule has 0 spiro atoms. The fraction of sp³-hybridized carbons (Fsp3) is 0.182. The molecule has 0 aromatic heterocycles. The third kappa shape index (κ3) is 4.79. The first-order chi connectivity index (χ1) is 13.6. The molecule has 6 heteroatoms. The Labute approximate surface area is 164 Å². The molecule has 0 heterocycles. The lowest BCUT2D eigenvalue weighted by Crippen LogP contribution is -1.85. The number of nitrogens with zero attached hydrogens (tertiary/aromatic N) is 4. The maximum atomic E-state index is 5.46. The van der Waals surface area contributed by atoms with E-state index in [9.17, 15) is 0 Å². The Morgan fingerprint density at radius 1 is 0.607 bits per heavy atom. The predicted molar refractivity (Wildman–Crippen MR) is 110 cm³/mol. The van der Waals surface area contributed by atoms with Gasteiger partial charge in [0.05, 0.1) is 31.3 Å². The summed E-state index contributed by atoms with van der Waals surface area (Å²) in [4.78, 5) is 0. The lowest BCUT2D eigenvalue weighted by Gasteiger charge is -2.07. The van der Waals surface area contributed by atoms with Crippen LogP contribution in [0.4, 0.5) is 22.7 Å². The molecule has 0 aliphatic carbocycles. The van der Waals surface area contributed by atoms with E-state index in [4.69, 9.17) is 9.47 Å². The highest BCUT2D eigenvalue weighted by Crippen LogP contribution is 2.36. The Bertz CT molecular complexity index is 994. The van der Waals surface area contributed by atoms with Crippen LogP contribution in [0.25, 0.3) is 0 Å². The summed E-state index contributed by atoms with van der Waals surface area (Å²) < 4.78 is 10.6. The summed E-state index contributed by atoms with van der Waals surface area (Å²) in [5.74, 6) is 1.36. The van der Waals surface area contributed by atoms with Crippen molar-refractivity contribution in [2.24, 2.45) is 20.5 Å². The van der Waals surface area contributed by atoms with Crippen LogP contribution in [0.3, 0.4) is 0 Å². The summed E-state index contributed by atoms with van der Waals surface area (Å²) >= 11 is 0. The van der Waals surface area contributed by atoms with Crippen molar-refractivity contribution in [1.29, 1.82) is 0 Å². The van der Waals surface area contributed by atoms with Crippen LogP contribution in [0.5, 0.6) is 11.5 Å². The Morgan fingerprint density at radius 3 is 1.75 bits per heavy atom. The minimum Gasteiger partial charge on any atom is -0.497 e. The first kappa shape index (κ1) is 19.2. The summed E-state index contributed by atoms with van der Waals surface area (Å²) in [5.41, 5.74) is 4.99. The zero-order valence-electron chi connectivity index (χ0n) is 16.4. The Kier molecular flexibility index (Phi) is 6.11. The van der Waals surface area contributed by atoms with Crippen molar-refractivity contribution in [3.05, 3.63) is 71.8 Å². The summed E-state index contributed by atoms with van der Waals surface area (Å²) in [6.07, 6.45) is 0. The fourth-order valence-electron chi connectivity index (χ4n) is 2.50. The van der Waals surface area contributed by atoms with Gasteiger partial charge in [-0.2, -0.15) is 15.3 Å². The molecule has 0 saturated heterocycles. The second-order valence-corrected chi connectivity index (χ2v) is 6.24. The number of aryl methyl sites for hydroxylation is 2. The molecule has 0 unspecified atom stereocenters. The van der Waals surface area contributed by atoms with Gasteiger partial charge in [0.15, 0.2) is 0 Å². The second kappa shape index (κ2) is 8.90. The molecule has 0 aliphatic rings. The number of hydrogen-bond donors (Lipinski definition) is 0. The van der Waals surface area contributed by atoms with Crippen molar-refractivity contribution in [2.75, 3.05) is 14.2 Å². The van der Waals surface area contributed by atoms with Gasteiger partial charge >= 0.3 is 0 Å². The van der Waals surface area contributed by atoms with Crippen LogP contribution in [0, 0.1) is 13.8 Å². The molecule has 0 N–H and O–H groups in total. The Morgan fingerprint density at radius 2 is 1.18 bits per heavy atom. The lowest BCUT2D eigenvalue weighted by molar-refractivity contribution is 0.414. The first-order valence-corrected chi connectivity index (χ1v) is 8.82. The number of azo groups is 2. The van der Waals surface area contributed by atoms with Gasteiger partial charge in [0.2, 0.25) is 0 Å². The molecular weight excluding hydrogens is 352 g/mol. The zero-order valence-corrected chi connectivity index (χ0v) is 16.4. The summed E-state index contributed by atoms with van der Waals surface area (Å²) in [7, 11) is 3.22. The molecule has 6 nitrogen and oxygen atoms in total. The standard InChI is InChI=1S/C22H22N4O2/c1-15-5-7-17(8-6-15)23-25-20-14-22(28-4)21(13-16(20)2)26-24-18-9-11-19(27-3)12-10-18/h5-14H,1-4H3/b25-23+,26-24+. The van der Waals surface area contributed by atoms with Crippen LogP contribution >= 0.6 is 0 Å². The summed E-state index contributed by atoms with van der Waals surface area (Å²) in [6, 6.07) is 18.9. The van der Waals surface area contributed by atoms with E-state index in [0.29, 0.717) is 11.4 Å². The fourth-order valence-corrected chi connectivity index (χ4v) is 2.50. The van der Waals surface area contributed by atoms with Gasteiger partial charge < -0.3 is 9.47 Å². The van der Waals surface area contributed by atoms with Crippen molar-refractivity contribution in [3.8, 4) is 11.5 Å². The molecule has 0 saturated carbocycles. The predicted octanol–water partition coefficient (Wildman–Crippen LogP) is 7.15. The maximum absolute atomic E-state index is 5.46. The quantitative estimate of drug-likeness (QED) is 0.430. The zero-order chi connectivity index (χ0) is 19.9. The highest BCUT2D eigenvalue weighted by Gasteiger charge is 2.08. The normalized spacial score (nSPS) is 11.3. The van der Waals surface area contributed by atoms with E-state index in [0.717, 1.165) is 28.4 Å². The maximum Gasteiger partial charge on any atom is 0.148 e. The number of ether oxygens (including phenoxy) is 2. The van der Waals surface area contributed by atoms with Gasteiger partial charge in [0, 0.05) is 6.07 Å². The minimum atomic E-state index is 0.584. The van der Waals surface area contributed by atoms with Crippen LogP contribution in [-0.4, -0.2) is 14.2 Å². The van der Waals surface area contributed by atoms with E-state index in [-0.39, 0.29) is 0 Å². The molecule has 0 amide bonds. The molecule has 142 valence electrons. The number of rotatable bonds is 6. The van der Waals surface area contributed by atoms with Gasteiger partial charge in [-0.1, -0.05) is 17.7 Å². The SMILES string of the molecule is COc1ccc(/N=N/c2cc(C)c(/N=N/c3ccc(C)cc3)cc2OC)cc1. The van der Waals surface area contributed by atoms with Crippen molar-refractivity contribution < 1.29 is 9.47 Å². The van der Waals surface area contributed by atoms with Gasteiger partial charge in [0.25, 0.3) is 0 Å². The average molecular weight is 374 g/mol. The van der Waals surface area contributed by atoms with Gasteiger partial charge in [-0.25, -0.2) is 0 Å². The monoisotopic (exact) mass is 374 g/mol. The molecule has 0 radical (unpaired) electrons. The average Bonchev–Trinajstić information content (AvgIpc) is 2.73.